The van der Waals surface area contributed by atoms with Gasteiger partial charge in [-0.25, -0.2) is 0 Å². The molecule has 0 saturated heterocycles. The van der Waals surface area contributed by atoms with Gasteiger partial charge in [-0.05, 0) is 18.9 Å². The van der Waals surface area contributed by atoms with Crippen molar-refractivity contribution in [3.63, 3.8) is 0 Å². The average molecular weight is 322 g/mol. The molecule has 1 aromatic heterocycles. The zero-order valence-electron chi connectivity index (χ0n) is 12.0. The SMILES string of the molecule is CNc1nnc(S[C@H](C)C(=O)NCCc2ccccc2)s1. The first-order valence-corrected chi connectivity index (χ1v) is 8.38. The first kappa shape index (κ1) is 15.8. The first-order chi connectivity index (χ1) is 10.2. The number of anilines is 1. The van der Waals surface area contributed by atoms with E-state index in [1.807, 2.05) is 25.1 Å². The van der Waals surface area contributed by atoms with E-state index in [4.69, 9.17) is 0 Å². The maximum absolute atomic E-state index is 12.0. The fourth-order valence-electron chi connectivity index (χ4n) is 1.68. The summed E-state index contributed by atoms with van der Waals surface area (Å²) >= 11 is 2.88. The Hall–Kier alpha value is -1.60. The monoisotopic (exact) mass is 322 g/mol. The highest BCUT2D eigenvalue weighted by Gasteiger charge is 2.16. The Morgan fingerprint density at radius 2 is 2.10 bits per heavy atom. The van der Waals surface area contributed by atoms with Crippen LogP contribution in [0.25, 0.3) is 0 Å². The van der Waals surface area contributed by atoms with E-state index in [-0.39, 0.29) is 11.2 Å². The number of carbonyl (C=O) groups is 1. The summed E-state index contributed by atoms with van der Waals surface area (Å²) in [5.74, 6) is 0.0251. The smallest absolute Gasteiger partial charge is 0.233 e. The zero-order valence-corrected chi connectivity index (χ0v) is 13.6. The summed E-state index contributed by atoms with van der Waals surface area (Å²) < 4.78 is 0.796. The summed E-state index contributed by atoms with van der Waals surface area (Å²) in [6.07, 6.45) is 0.840. The van der Waals surface area contributed by atoms with Crippen molar-refractivity contribution < 1.29 is 4.79 Å². The molecule has 1 heterocycles. The van der Waals surface area contributed by atoms with Crippen LogP contribution in [0, 0.1) is 0 Å². The predicted octanol–water partition coefficient (Wildman–Crippen LogP) is 2.42. The van der Waals surface area contributed by atoms with Gasteiger partial charge in [0.1, 0.15) is 0 Å². The number of aromatic nitrogens is 2. The number of thioether (sulfide) groups is 1. The third kappa shape index (κ3) is 5.02. The molecule has 112 valence electrons. The molecule has 2 N–H and O–H groups in total. The Bertz CT molecular complexity index is 573. The van der Waals surface area contributed by atoms with Crippen LogP contribution >= 0.6 is 23.1 Å². The van der Waals surface area contributed by atoms with Crippen molar-refractivity contribution in [2.45, 2.75) is 22.9 Å². The lowest BCUT2D eigenvalue weighted by molar-refractivity contribution is -0.120. The maximum Gasteiger partial charge on any atom is 0.233 e. The van der Waals surface area contributed by atoms with Crippen LogP contribution in [-0.2, 0) is 11.2 Å². The van der Waals surface area contributed by atoms with Gasteiger partial charge in [0.05, 0.1) is 5.25 Å². The summed E-state index contributed by atoms with van der Waals surface area (Å²) in [7, 11) is 1.80. The molecule has 2 aromatic rings. The average Bonchev–Trinajstić information content (AvgIpc) is 2.96. The highest BCUT2D eigenvalue weighted by molar-refractivity contribution is 8.02. The molecule has 7 heteroatoms. The predicted molar refractivity (Wildman–Crippen MR) is 87.9 cm³/mol. The Morgan fingerprint density at radius 3 is 2.76 bits per heavy atom. The molecule has 0 saturated carbocycles. The second-order valence-corrected chi connectivity index (χ2v) is 6.98. The quantitative estimate of drug-likeness (QED) is 0.766. The molecule has 0 aliphatic rings. The number of nitrogens with zero attached hydrogens (tertiary/aromatic N) is 2. The molecule has 0 bridgehead atoms. The van der Waals surface area contributed by atoms with Crippen LogP contribution in [0.1, 0.15) is 12.5 Å². The molecule has 5 nitrogen and oxygen atoms in total. The van der Waals surface area contributed by atoms with Crippen molar-refractivity contribution in [1.29, 1.82) is 0 Å². The Kier molecular flexibility index (Phi) is 6.01. The van der Waals surface area contributed by atoms with Gasteiger partial charge < -0.3 is 10.6 Å². The summed E-state index contributed by atoms with van der Waals surface area (Å²) in [6, 6.07) is 10.1. The molecule has 0 aliphatic heterocycles. The van der Waals surface area contributed by atoms with E-state index in [2.05, 4.69) is 33.0 Å². The molecular weight excluding hydrogens is 304 g/mol. The molecule has 0 unspecified atom stereocenters. The number of rotatable bonds is 7. The molecule has 21 heavy (non-hydrogen) atoms. The van der Waals surface area contributed by atoms with E-state index in [0.29, 0.717) is 6.54 Å². The lowest BCUT2D eigenvalue weighted by atomic mass is 10.1. The van der Waals surface area contributed by atoms with Gasteiger partial charge in [0, 0.05) is 13.6 Å². The molecule has 0 radical (unpaired) electrons. The number of hydrogen-bond acceptors (Lipinski definition) is 6. The number of benzene rings is 1. The third-order valence-electron chi connectivity index (χ3n) is 2.82. The van der Waals surface area contributed by atoms with Crippen LogP contribution < -0.4 is 10.6 Å². The summed E-state index contributed by atoms with van der Waals surface area (Å²) in [5.41, 5.74) is 1.22. The Balaban J connectivity index is 1.74. The van der Waals surface area contributed by atoms with Crippen LogP contribution in [0.15, 0.2) is 34.7 Å². The van der Waals surface area contributed by atoms with Crippen molar-refractivity contribution in [3.05, 3.63) is 35.9 Å². The van der Waals surface area contributed by atoms with Gasteiger partial charge >= 0.3 is 0 Å². The molecule has 1 atom stereocenters. The molecular formula is C14H18N4OS2. The maximum atomic E-state index is 12.0. The number of hydrogen-bond donors (Lipinski definition) is 2. The first-order valence-electron chi connectivity index (χ1n) is 6.68. The number of carbonyl (C=O) groups excluding carboxylic acids is 1. The Morgan fingerprint density at radius 1 is 1.33 bits per heavy atom. The summed E-state index contributed by atoms with van der Waals surface area (Å²) in [4.78, 5) is 12.0. The minimum atomic E-state index is -0.182. The van der Waals surface area contributed by atoms with Gasteiger partial charge in [0.2, 0.25) is 11.0 Å². The van der Waals surface area contributed by atoms with Gasteiger partial charge in [0.25, 0.3) is 0 Å². The normalized spacial score (nSPS) is 11.9. The van der Waals surface area contributed by atoms with E-state index in [0.717, 1.165) is 15.9 Å². The van der Waals surface area contributed by atoms with Gasteiger partial charge in [-0.1, -0.05) is 53.4 Å². The fourth-order valence-corrected chi connectivity index (χ4v) is 3.56. The van der Waals surface area contributed by atoms with Crippen LogP contribution in [0.4, 0.5) is 5.13 Å². The second kappa shape index (κ2) is 7.99. The van der Waals surface area contributed by atoms with Crippen molar-refractivity contribution in [2.24, 2.45) is 0 Å². The molecule has 0 aliphatic carbocycles. The van der Waals surface area contributed by atoms with Crippen molar-refractivity contribution >= 4 is 34.1 Å². The van der Waals surface area contributed by atoms with Crippen LogP contribution in [0.2, 0.25) is 0 Å². The molecule has 1 amide bonds. The highest BCUT2D eigenvalue weighted by atomic mass is 32.2. The number of amides is 1. The fraction of sp³-hybridized carbons (Fsp3) is 0.357. The standard InChI is InChI=1S/C14H18N4OS2/c1-10(20-14-18-17-13(15-2)21-14)12(19)16-9-8-11-6-4-3-5-7-11/h3-7,10H,8-9H2,1-2H3,(H,15,17)(H,16,19)/t10-/m1/s1. The molecule has 0 spiro atoms. The largest absolute Gasteiger partial charge is 0.363 e. The topological polar surface area (TPSA) is 66.9 Å². The lowest BCUT2D eigenvalue weighted by Crippen LogP contribution is -2.32. The lowest BCUT2D eigenvalue weighted by Gasteiger charge is -2.10. The van der Waals surface area contributed by atoms with Crippen LogP contribution in [-0.4, -0.2) is 34.9 Å². The van der Waals surface area contributed by atoms with Gasteiger partial charge in [-0.3, -0.25) is 4.79 Å². The Labute approximate surface area is 132 Å². The van der Waals surface area contributed by atoms with Crippen molar-refractivity contribution in [3.8, 4) is 0 Å². The van der Waals surface area contributed by atoms with E-state index < -0.39 is 0 Å². The van der Waals surface area contributed by atoms with E-state index >= 15 is 0 Å². The summed E-state index contributed by atoms with van der Waals surface area (Å²) in [6.45, 7) is 2.52. The van der Waals surface area contributed by atoms with Crippen LogP contribution in [0.3, 0.4) is 0 Å². The van der Waals surface area contributed by atoms with Crippen molar-refractivity contribution in [1.82, 2.24) is 15.5 Å². The highest BCUT2D eigenvalue weighted by Crippen LogP contribution is 2.28. The molecule has 2 rings (SSSR count). The zero-order chi connectivity index (χ0) is 15.1. The number of nitrogens with one attached hydrogen (secondary N) is 2. The minimum absolute atomic E-state index is 0.0251. The van der Waals surface area contributed by atoms with Gasteiger partial charge in [0.15, 0.2) is 4.34 Å². The minimum Gasteiger partial charge on any atom is -0.363 e. The molecule has 1 aromatic carbocycles. The van der Waals surface area contributed by atoms with Gasteiger partial charge in [-0.15, -0.1) is 10.2 Å². The van der Waals surface area contributed by atoms with Gasteiger partial charge in [-0.2, -0.15) is 0 Å². The van der Waals surface area contributed by atoms with E-state index in [1.54, 1.807) is 7.05 Å². The van der Waals surface area contributed by atoms with E-state index in [1.165, 1.54) is 28.7 Å². The molecule has 0 fully saturated rings. The van der Waals surface area contributed by atoms with Crippen molar-refractivity contribution in [2.75, 3.05) is 18.9 Å². The van der Waals surface area contributed by atoms with Crippen LogP contribution in [0.5, 0.6) is 0 Å². The van der Waals surface area contributed by atoms with E-state index in [9.17, 15) is 4.79 Å². The summed E-state index contributed by atoms with van der Waals surface area (Å²) in [5, 5.41) is 14.4. The second-order valence-electron chi connectivity index (χ2n) is 4.41. The third-order valence-corrected chi connectivity index (χ3v) is 4.95.